The van der Waals surface area contributed by atoms with Crippen LogP contribution in [-0.4, -0.2) is 18.0 Å². The van der Waals surface area contributed by atoms with E-state index < -0.39 is 0 Å². The van der Waals surface area contributed by atoms with Crippen LogP contribution in [0.1, 0.15) is 27.9 Å². The smallest absolute Gasteiger partial charge is 0.263 e. The Balaban J connectivity index is 2.28. The molecule has 1 aromatic heterocycles. The summed E-state index contributed by atoms with van der Waals surface area (Å²) in [5.41, 5.74) is 7.57. The molecule has 0 unspecified atom stereocenters. The molecule has 6 heteroatoms. The quantitative estimate of drug-likeness (QED) is 0.849. The maximum absolute atomic E-state index is 12.3. The minimum atomic E-state index is -0.309. The second-order valence-electron chi connectivity index (χ2n) is 4.25. The van der Waals surface area contributed by atoms with Gasteiger partial charge in [-0.1, -0.05) is 13.0 Å². The summed E-state index contributed by atoms with van der Waals surface area (Å²) < 4.78 is 5.18. The fourth-order valence-electron chi connectivity index (χ4n) is 1.93. The van der Waals surface area contributed by atoms with Gasteiger partial charge in [0.2, 0.25) is 0 Å². The van der Waals surface area contributed by atoms with Crippen LogP contribution in [0.2, 0.25) is 0 Å². The lowest BCUT2D eigenvalue weighted by Crippen LogP contribution is -2.15. The van der Waals surface area contributed by atoms with E-state index in [0.717, 1.165) is 17.0 Å². The van der Waals surface area contributed by atoms with Crippen LogP contribution < -0.4 is 15.8 Å². The average molecular weight is 291 g/mol. The number of ether oxygens (including phenoxy) is 1. The topological polar surface area (TPSA) is 77.2 Å². The van der Waals surface area contributed by atoms with Gasteiger partial charge in [0, 0.05) is 10.6 Å². The van der Waals surface area contributed by atoms with Crippen molar-refractivity contribution in [2.75, 3.05) is 18.2 Å². The molecule has 1 aromatic carbocycles. The zero-order valence-electron chi connectivity index (χ0n) is 11.7. The van der Waals surface area contributed by atoms with Crippen LogP contribution in [0.4, 0.5) is 10.8 Å². The number of aromatic nitrogens is 1. The summed E-state index contributed by atoms with van der Waals surface area (Å²) in [6.07, 6.45) is 0.842. The Labute approximate surface area is 121 Å². The number of amides is 1. The first kappa shape index (κ1) is 14.3. The Bertz CT molecular complexity index is 637. The SMILES string of the molecule is CCc1nc(NC(=O)c2c(N)cccc2OC)sc1C. The molecule has 0 radical (unpaired) electrons. The molecule has 0 atom stereocenters. The van der Waals surface area contributed by atoms with Crippen LogP contribution in [0, 0.1) is 6.92 Å². The molecule has 0 saturated heterocycles. The van der Waals surface area contributed by atoms with E-state index in [0.29, 0.717) is 22.1 Å². The highest BCUT2D eigenvalue weighted by atomic mass is 32.1. The average Bonchev–Trinajstić information content (AvgIpc) is 2.78. The van der Waals surface area contributed by atoms with Crippen molar-refractivity contribution in [3.05, 3.63) is 34.3 Å². The molecule has 0 fully saturated rings. The van der Waals surface area contributed by atoms with Crippen molar-refractivity contribution < 1.29 is 9.53 Å². The lowest BCUT2D eigenvalue weighted by Gasteiger charge is -2.10. The minimum absolute atomic E-state index is 0.309. The second kappa shape index (κ2) is 5.92. The molecule has 106 valence electrons. The standard InChI is InChI=1S/C14H17N3O2S/c1-4-10-8(2)20-14(16-10)17-13(18)12-9(15)6-5-7-11(12)19-3/h5-7H,4,15H2,1-3H3,(H,16,17,18). The number of thiazole rings is 1. The van der Waals surface area contributed by atoms with E-state index >= 15 is 0 Å². The third kappa shape index (κ3) is 2.75. The Hall–Kier alpha value is -2.08. The summed E-state index contributed by atoms with van der Waals surface area (Å²) in [6, 6.07) is 5.12. The van der Waals surface area contributed by atoms with E-state index in [1.165, 1.54) is 18.4 Å². The van der Waals surface area contributed by atoms with Gasteiger partial charge in [0.1, 0.15) is 11.3 Å². The lowest BCUT2D eigenvalue weighted by atomic mass is 10.1. The van der Waals surface area contributed by atoms with E-state index in [2.05, 4.69) is 10.3 Å². The number of aryl methyl sites for hydroxylation is 2. The Kier molecular flexibility index (Phi) is 4.24. The molecule has 2 aromatic rings. The number of hydrogen-bond acceptors (Lipinski definition) is 5. The van der Waals surface area contributed by atoms with Gasteiger partial charge in [0.15, 0.2) is 5.13 Å². The normalized spacial score (nSPS) is 10.3. The van der Waals surface area contributed by atoms with Gasteiger partial charge in [-0.3, -0.25) is 10.1 Å². The maximum Gasteiger partial charge on any atom is 0.263 e. The van der Waals surface area contributed by atoms with Crippen LogP contribution in [0.15, 0.2) is 18.2 Å². The second-order valence-corrected chi connectivity index (χ2v) is 5.46. The number of carbonyl (C=O) groups is 1. The van der Waals surface area contributed by atoms with Crippen molar-refractivity contribution in [3.63, 3.8) is 0 Å². The number of benzene rings is 1. The van der Waals surface area contributed by atoms with Crippen LogP contribution in [-0.2, 0) is 6.42 Å². The van der Waals surface area contributed by atoms with Crippen molar-refractivity contribution in [3.8, 4) is 5.75 Å². The predicted octanol–water partition coefficient (Wildman–Crippen LogP) is 2.86. The number of hydrogen-bond donors (Lipinski definition) is 2. The Morgan fingerprint density at radius 1 is 1.50 bits per heavy atom. The number of methoxy groups -OCH3 is 1. The van der Waals surface area contributed by atoms with E-state index in [1.807, 2.05) is 13.8 Å². The van der Waals surface area contributed by atoms with Crippen molar-refractivity contribution in [2.24, 2.45) is 0 Å². The molecule has 3 N–H and O–H groups in total. The van der Waals surface area contributed by atoms with Crippen LogP contribution in [0.25, 0.3) is 0 Å². The molecule has 0 spiro atoms. The minimum Gasteiger partial charge on any atom is -0.496 e. The van der Waals surface area contributed by atoms with E-state index in [1.54, 1.807) is 18.2 Å². The fraction of sp³-hybridized carbons (Fsp3) is 0.286. The van der Waals surface area contributed by atoms with E-state index in [-0.39, 0.29) is 5.91 Å². The number of carbonyl (C=O) groups excluding carboxylic acids is 1. The zero-order chi connectivity index (χ0) is 14.7. The van der Waals surface area contributed by atoms with Crippen molar-refractivity contribution in [2.45, 2.75) is 20.3 Å². The molecule has 20 heavy (non-hydrogen) atoms. The predicted molar refractivity (Wildman–Crippen MR) is 81.6 cm³/mol. The van der Waals surface area contributed by atoms with Gasteiger partial charge in [-0.2, -0.15) is 0 Å². The van der Waals surface area contributed by atoms with Gasteiger partial charge in [-0.15, -0.1) is 11.3 Å². The fourth-order valence-corrected chi connectivity index (χ4v) is 2.83. The summed E-state index contributed by atoms with van der Waals surface area (Å²) in [4.78, 5) is 17.8. The molecule has 0 aliphatic rings. The van der Waals surface area contributed by atoms with Crippen molar-refractivity contribution in [1.29, 1.82) is 0 Å². The third-order valence-electron chi connectivity index (χ3n) is 2.95. The first-order valence-corrected chi connectivity index (χ1v) is 7.08. The third-order valence-corrected chi connectivity index (χ3v) is 3.88. The van der Waals surface area contributed by atoms with Gasteiger partial charge in [0.25, 0.3) is 5.91 Å². The molecule has 0 bridgehead atoms. The Morgan fingerprint density at radius 3 is 2.85 bits per heavy atom. The number of nitrogens with zero attached hydrogens (tertiary/aromatic N) is 1. The molecule has 0 saturated carbocycles. The highest BCUT2D eigenvalue weighted by Gasteiger charge is 2.17. The van der Waals surface area contributed by atoms with Gasteiger partial charge in [0.05, 0.1) is 12.8 Å². The molecule has 1 heterocycles. The summed E-state index contributed by atoms with van der Waals surface area (Å²) in [5.74, 6) is 0.142. The molecule has 5 nitrogen and oxygen atoms in total. The van der Waals surface area contributed by atoms with Crippen molar-refractivity contribution >= 4 is 28.1 Å². The summed E-state index contributed by atoms with van der Waals surface area (Å²) >= 11 is 1.46. The lowest BCUT2D eigenvalue weighted by molar-refractivity contribution is 0.102. The summed E-state index contributed by atoms with van der Waals surface area (Å²) in [7, 11) is 1.51. The summed E-state index contributed by atoms with van der Waals surface area (Å²) in [5, 5.41) is 3.36. The maximum atomic E-state index is 12.3. The van der Waals surface area contributed by atoms with Gasteiger partial charge >= 0.3 is 0 Å². The summed E-state index contributed by atoms with van der Waals surface area (Å²) in [6.45, 7) is 4.02. The van der Waals surface area contributed by atoms with Crippen LogP contribution >= 0.6 is 11.3 Å². The van der Waals surface area contributed by atoms with Crippen LogP contribution in [0.5, 0.6) is 5.75 Å². The number of nitrogens with one attached hydrogen (secondary N) is 1. The zero-order valence-corrected chi connectivity index (χ0v) is 12.5. The number of nitrogen functional groups attached to an aromatic ring is 1. The molecule has 1 amide bonds. The first-order chi connectivity index (χ1) is 9.56. The molecule has 0 aliphatic heterocycles. The van der Waals surface area contributed by atoms with Gasteiger partial charge in [-0.25, -0.2) is 4.98 Å². The first-order valence-electron chi connectivity index (χ1n) is 6.27. The molecule has 0 aliphatic carbocycles. The number of rotatable bonds is 4. The van der Waals surface area contributed by atoms with E-state index in [9.17, 15) is 4.79 Å². The van der Waals surface area contributed by atoms with Gasteiger partial charge in [-0.05, 0) is 25.5 Å². The van der Waals surface area contributed by atoms with Gasteiger partial charge < -0.3 is 10.5 Å². The highest BCUT2D eigenvalue weighted by Crippen LogP contribution is 2.27. The molecular formula is C14H17N3O2S. The van der Waals surface area contributed by atoms with Crippen LogP contribution in [0.3, 0.4) is 0 Å². The van der Waals surface area contributed by atoms with E-state index in [4.69, 9.17) is 10.5 Å². The largest absolute Gasteiger partial charge is 0.496 e. The molecule has 2 rings (SSSR count). The number of nitrogens with two attached hydrogens (primary N) is 1. The highest BCUT2D eigenvalue weighted by molar-refractivity contribution is 7.15. The van der Waals surface area contributed by atoms with Crippen molar-refractivity contribution in [1.82, 2.24) is 4.98 Å². The number of anilines is 2. The Morgan fingerprint density at radius 2 is 2.25 bits per heavy atom. The molecular weight excluding hydrogens is 274 g/mol. The monoisotopic (exact) mass is 291 g/mol.